The van der Waals surface area contributed by atoms with E-state index in [-0.39, 0.29) is 0 Å². The molecule has 5 nitrogen and oxygen atoms in total. The third-order valence-corrected chi connectivity index (χ3v) is 6.10. The molecule has 0 bridgehead atoms. The van der Waals surface area contributed by atoms with Crippen LogP contribution in [-0.4, -0.2) is 32.8 Å². The molecule has 0 saturated heterocycles. The van der Waals surface area contributed by atoms with Crippen LogP contribution in [-0.2, 0) is 0 Å². The van der Waals surface area contributed by atoms with E-state index >= 15 is 0 Å². The van der Waals surface area contributed by atoms with Gasteiger partial charge in [0.2, 0.25) is 0 Å². The Hall–Kier alpha value is -2.43. The third kappa shape index (κ3) is 2.99. The van der Waals surface area contributed by atoms with Crippen molar-refractivity contribution in [3.8, 4) is 5.69 Å². The summed E-state index contributed by atoms with van der Waals surface area (Å²) in [6.07, 6.45) is 8.93. The van der Waals surface area contributed by atoms with Crippen molar-refractivity contribution < 1.29 is 0 Å². The second-order valence-electron chi connectivity index (χ2n) is 8.11. The molecule has 3 aromatic rings. The van der Waals surface area contributed by atoms with Gasteiger partial charge >= 0.3 is 0 Å². The van der Waals surface area contributed by atoms with E-state index in [0.717, 1.165) is 34.1 Å². The minimum absolute atomic E-state index is 0.521. The van der Waals surface area contributed by atoms with E-state index in [1.807, 2.05) is 10.7 Å². The first-order valence-electron chi connectivity index (χ1n) is 10.3. The number of hydrogen-bond acceptors (Lipinski definition) is 4. The summed E-state index contributed by atoms with van der Waals surface area (Å²) >= 11 is 0. The second kappa shape index (κ2) is 6.63. The Morgan fingerprint density at radius 3 is 2.41 bits per heavy atom. The monoisotopic (exact) mass is 361 g/mol. The summed E-state index contributed by atoms with van der Waals surface area (Å²) in [6, 6.07) is 10.9. The highest BCUT2D eigenvalue weighted by Gasteiger charge is 2.31. The van der Waals surface area contributed by atoms with Crippen molar-refractivity contribution in [1.82, 2.24) is 19.7 Å². The van der Waals surface area contributed by atoms with Gasteiger partial charge in [-0.3, -0.25) is 0 Å². The zero-order valence-corrected chi connectivity index (χ0v) is 16.2. The molecule has 0 spiro atoms. The van der Waals surface area contributed by atoms with Crippen molar-refractivity contribution in [2.75, 3.05) is 11.9 Å². The molecule has 0 atom stereocenters. The first kappa shape index (κ1) is 16.7. The normalized spacial score (nSPS) is 18.1. The van der Waals surface area contributed by atoms with Crippen molar-refractivity contribution >= 4 is 16.9 Å². The molecule has 2 aliphatic rings. The maximum atomic E-state index is 5.07. The minimum atomic E-state index is 0.521. The SMILES string of the molecule is Cc1nn(-c2ccccc2)c2nc(C3CC3)nc(N(C)C3CCCCC3)c12. The quantitative estimate of drug-likeness (QED) is 0.671. The molecule has 0 unspecified atom stereocenters. The number of nitrogens with zero attached hydrogens (tertiary/aromatic N) is 5. The number of rotatable bonds is 4. The average molecular weight is 361 g/mol. The average Bonchev–Trinajstić information content (AvgIpc) is 3.52. The van der Waals surface area contributed by atoms with E-state index in [4.69, 9.17) is 15.1 Å². The Labute approximate surface area is 160 Å². The Bertz CT molecular complexity index is 952. The van der Waals surface area contributed by atoms with Gasteiger partial charge < -0.3 is 4.90 Å². The maximum Gasteiger partial charge on any atom is 0.169 e. The molecular formula is C22H27N5. The summed E-state index contributed by atoms with van der Waals surface area (Å²) in [7, 11) is 2.22. The standard InChI is InChI=1S/C22H27N5/c1-15-19-21(26(2)17-9-5-3-6-10-17)23-20(16-13-14-16)24-22(19)27(25-15)18-11-7-4-8-12-18/h4,7-8,11-12,16-17H,3,5-6,9-10,13-14H2,1-2H3. The zero-order valence-electron chi connectivity index (χ0n) is 16.2. The molecule has 2 heterocycles. The van der Waals surface area contributed by atoms with Gasteiger partial charge in [-0.15, -0.1) is 0 Å². The summed E-state index contributed by atoms with van der Waals surface area (Å²) in [5.41, 5.74) is 3.02. The molecule has 2 aromatic heterocycles. The van der Waals surface area contributed by atoms with Crippen molar-refractivity contribution in [2.45, 2.75) is 63.8 Å². The minimum Gasteiger partial charge on any atom is -0.356 e. The van der Waals surface area contributed by atoms with Crippen molar-refractivity contribution in [3.63, 3.8) is 0 Å². The van der Waals surface area contributed by atoms with Crippen LogP contribution in [0.3, 0.4) is 0 Å². The van der Waals surface area contributed by atoms with Crippen LogP contribution in [0.15, 0.2) is 30.3 Å². The van der Waals surface area contributed by atoms with E-state index in [1.54, 1.807) is 0 Å². The molecule has 5 rings (SSSR count). The van der Waals surface area contributed by atoms with Crippen LogP contribution in [0.1, 0.15) is 62.4 Å². The topological polar surface area (TPSA) is 46.8 Å². The summed E-state index contributed by atoms with van der Waals surface area (Å²) < 4.78 is 2.00. The van der Waals surface area contributed by atoms with E-state index in [9.17, 15) is 0 Å². The van der Waals surface area contributed by atoms with Gasteiger partial charge in [-0.2, -0.15) is 5.10 Å². The number of para-hydroxylation sites is 1. The molecule has 0 amide bonds. The van der Waals surface area contributed by atoms with E-state index in [2.05, 4.69) is 43.1 Å². The smallest absolute Gasteiger partial charge is 0.169 e. The van der Waals surface area contributed by atoms with Crippen molar-refractivity contribution in [3.05, 3.63) is 41.9 Å². The van der Waals surface area contributed by atoms with Crippen LogP contribution in [0.2, 0.25) is 0 Å². The number of aromatic nitrogens is 4. The number of benzene rings is 1. The fourth-order valence-electron chi connectivity index (χ4n) is 4.35. The highest BCUT2D eigenvalue weighted by Crippen LogP contribution is 2.41. The summed E-state index contributed by atoms with van der Waals surface area (Å²) in [5.74, 6) is 2.60. The van der Waals surface area contributed by atoms with Gasteiger partial charge in [0.15, 0.2) is 5.65 Å². The van der Waals surface area contributed by atoms with Crippen LogP contribution >= 0.6 is 0 Å². The van der Waals surface area contributed by atoms with Crippen LogP contribution in [0.4, 0.5) is 5.82 Å². The molecule has 0 N–H and O–H groups in total. The first-order valence-corrected chi connectivity index (χ1v) is 10.3. The second-order valence-corrected chi connectivity index (χ2v) is 8.11. The Balaban J connectivity index is 1.69. The fraction of sp³-hybridized carbons (Fsp3) is 0.500. The Kier molecular flexibility index (Phi) is 4.10. The molecule has 2 aliphatic carbocycles. The summed E-state index contributed by atoms with van der Waals surface area (Å²) in [4.78, 5) is 12.5. The van der Waals surface area contributed by atoms with Gasteiger partial charge in [0.25, 0.3) is 0 Å². The molecule has 140 valence electrons. The van der Waals surface area contributed by atoms with Crippen LogP contribution in [0.25, 0.3) is 16.7 Å². The Morgan fingerprint density at radius 1 is 0.963 bits per heavy atom. The van der Waals surface area contributed by atoms with Gasteiger partial charge in [0.1, 0.15) is 11.6 Å². The molecule has 1 aromatic carbocycles. The maximum absolute atomic E-state index is 5.07. The van der Waals surface area contributed by atoms with Gasteiger partial charge in [0, 0.05) is 19.0 Å². The lowest BCUT2D eigenvalue weighted by Gasteiger charge is -2.32. The highest BCUT2D eigenvalue weighted by molar-refractivity contribution is 5.91. The summed E-state index contributed by atoms with van der Waals surface area (Å²) in [6.45, 7) is 2.08. The van der Waals surface area contributed by atoms with E-state index < -0.39 is 0 Å². The first-order chi connectivity index (χ1) is 13.2. The molecule has 2 saturated carbocycles. The predicted molar refractivity (Wildman–Crippen MR) is 109 cm³/mol. The molecule has 0 aliphatic heterocycles. The van der Waals surface area contributed by atoms with Gasteiger partial charge in [-0.05, 0) is 44.7 Å². The molecule has 27 heavy (non-hydrogen) atoms. The summed E-state index contributed by atoms with van der Waals surface area (Å²) in [5, 5.41) is 5.96. The van der Waals surface area contributed by atoms with Crippen LogP contribution in [0, 0.1) is 6.92 Å². The number of anilines is 1. The van der Waals surface area contributed by atoms with Crippen LogP contribution < -0.4 is 4.90 Å². The largest absolute Gasteiger partial charge is 0.356 e. The van der Waals surface area contributed by atoms with E-state index in [1.165, 1.54) is 44.9 Å². The number of hydrogen-bond donors (Lipinski definition) is 0. The van der Waals surface area contributed by atoms with Gasteiger partial charge in [-0.1, -0.05) is 37.5 Å². The lowest BCUT2D eigenvalue weighted by molar-refractivity contribution is 0.426. The zero-order chi connectivity index (χ0) is 18.4. The molecule has 2 fully saturated rings. The van der Waals surface area contributed by atoms with Gasteiger partial charge in [-0.25, -0.2) is 14.6 Å². The van der Waals surface area contributed by atoms with E-state index in [0.29, 0.717) is 12.0 Å². The van der Waals surface area contributed by atoms with Crippen molar-refractivity contribution in [1.29, 1.82) is 0 Å². The van der Waals surface area contributed by atoms with Crippen LogP contribution in [0.5, 0.6) is 0 Å². The fourth-order valence-corrected chi connectivity index (χ4v) is 4.35. The van der Waals surface area contributed by atoms with Gasteiger partial charge in [0.05, 0.1) is 16.8 Å². The third-order valence-electron chi connectivity index (χ3n) is 6.10. The predicted octanol–water partition coefficient (Wildman–Crippen LogP) is 4.77. The number of fused-ring (bicyclic) bond motifs is 1. The lowest BCUT2D eigenvalue weighted by atomic mass is 9.94. The Morgan fingerprint density at radius 2 is 1.70 bits per heavy atom. The number of aryl methyl sites for hydroxylation is 1. The van der Waals surface area contributed by atoms with Crippen molar-refractivity contribution in [2.24, 2.45) is 0 Å². The molecule has 5 heteroatoms. The molecule has 0 radical (unpaired) electrons. The molecular weight excluding hydrogens is 334 g/mol. The lowest BCUT2D eigenvalue weighted by Crippen LogP contribution is -2.34. The highest BCUT2D eigenvalue weighted by atomic mass is 15.3.